The van der Waals surface area contributed by atoms with Crippen LogP contribution in [-0.2, 0) is 0 Å². The van der Waals surface area contributed by atoms with Crippen molar-refractivity contribution >= 4 is 43.4 Å². The Balaban J connectivity index is 1.06. The van der Waals surface area contributed by atoms with Crippen molar-refractivity contribution in [3.05, 3.63) is 188 Å². The minimum absolute atomic E-state index is 0.903. The lowest BCUT2D eigenvalue weighted by atomic mass is 9.95. The van der Waals surface area contributed by atoms with E-state index in [0.29, 0.717) is 0 Å². The number of fused-ring (bicyclic) bond motifs is 6. The number of benzene rings is 7. The molecule has 0 aliphatic rings. The first-order valence-corrected chi connectivity index (χ1v) is 17.6. The summed E-state index contributed by atoms with van der Waals surface area (Å²) in [7, 11) is 0. The SMILES string of the molecule is c1ccc(-c2cc(-c3ccc(-c4ccc5ccc6ccc(-c7cc8ccccc8c8ccccc78)nc6c5n4)cc3)cc(-c3ccccc3)n2)cc1. The molecule has 0 aliphatic carbocycles. The minimum atomic E-state index is 0.903. The van der Waals surface area contributed by atoms with Gasteiger partial charge in [-0.2, -0.15) is 0 Å². The number of hydrogen-bond donors (Lipinski definition) is 0. The highest BCUT2D eigenvalue weighted by atomic mass is 14.8. The Hall–Kier alpha value is -6.97. The van der Waals surface area contributed by atoms with Gasteiger partial charge in [-0.05, 0) is 63.0 Å². The average Bonchev–Trinajstić information content (AvgIpc) is 3.23. The van der Waals surface area contributed by atoms with Gasteiger partial charge in [0.05, 0.1) is 33.8 Å². The monoisotopic (exact) mass is 661 g/mol. The Morgan fingerprint density at radius 3 is 1.38 bits per heavy atom. The van der Waals surface area contributed by atoms with Crippen LogP contribution in [0.25, 0.3) is 99.5 Å². The molecule has 242 valence electrons. The van der Waals surface area contributed by atoms with Gasteiger partial charge in [0.1, 0.15) is 0 Å². The van der Waals surface area contributed by atoms with Crippen LogP contribution in [0.5, 0.6) is 0 Å². The summed E-state index contributed by atoms with van der Waals surface area (Å²) in [4.78, 5) is 15.6. The molecule has 0 saturated heterocycles. The number of rotatable bonds is 5. The van der Waals surface area contributed by atoms with E-state index < -0.39 is 0 Å². The highest BCUT2D eigenvalue weighted by molar-refractivity contribution is 6.14. The fourth-order valence-electron chi connectivity index (χ4n) is 7.39. The molecule has 3 nitrogen and oxygen atoms in total. The normalized spacial score (nSPS) is 11.5. The second kappa shape index (κ2) is 12.4. The Morgan fingerprint density at radius 2 is 0.731 bits per heavy atom. The molecule has 0 fully saturated rings. The zero-order valence-corrected chi connectivity index (χ0v) is 28.2. The molecule has 0 unspecified atom stereocenters. The number of nitrogens with zero attached hydrogens (tertiary/aromatic N) is 3. The smallest absolute Gasteiger partial charge is 0.0972 e. The summed E-state index contributed by atoms with van der Waals surface area (Å²) in [6.07, 6.45) is 0. The highest BCUT2D eigenvalue weighted by Crippen LogP contribution is 2.36. The summed E-state index contributed by atoms with van der Waals surface area (Å²) < 4.78 is 0. The van der Waals surface area contributed by atoms with Gasteiger partial charge in [0.25, 0.3) is 0 Å². The van der Waals surface area contributed by atoms with Gasteiger partial charge in [0.15, 0.2) is 0 Å². The van der Waals surface area contributed by atoms with Gasteiger partial charge >= 0.3 is 0 Å². The third-order valence-electron chi connectivity index (χ3n) is 10.0. The molecule has 7 aromatic carbocycles. The van der Waals surface area contributed by atoms with Crippen LogP contribution in [0, 0.1) is 0 Å². The molecule has 0 amide bonds. The maximum absolute atomic E-state index is 5.32. The highest BCUT2D eigenvalue weighted by Gasteiger charge is 2.14. The van der Waals surface area contributed by atoms with Gasteiger partial charge in [0.2, 0.25) is 0 Å². The fourth-order valence-corrected chi connectivity index (χ4v) is 7.39. The summed E-state index contributed by atoms with van der Waals surface area (Å²) in [5.41, 5.74) is 12.2. The molecule has 0 radical (unpaired) electrons. The third kappa shape index (κ3) is 5.28. The van der Waals surface area contributed by atoms with Crippen LogP contribution in [-0.4, -0.2) is 15.0 Å². The molecule has 0 atom stereocenters. The first kappa shape index (κ1) is 29.9. The van der Waals surface area contributed by atoms with Crippen molar-refractivity contribution in [3.8, 4) is 56.2 Å². The van der Waals surface area contributed by atoms with Crippen molar-refractivity contribution in [1.82, 2.24) is 15.0 Å². The van der Waals surface area contributed by atoms with Crippen LogP contribution >= 0.6 is 0 Å². The van der Waals surface area contributed by atoms with Crippen LogP contribution < -0.4 is 0 Å². The number of hydrogen-bond acceptors (Lipinski definition) is 3. The maximum atomic E-state index is 5.32. The number of aromatic nitrogens is 3. The molecule has 3 aromatic heterocycles. The Morgan fingerprint density at radius 1 is 0.250 bits per heavy atom. The lowest BCUT2D eigenvalue weighted by Gasteiger charge is -2.12. The van der Waals surface area contributed by atoms with E-state index in [1.54, 1.807) is 0 Å². The van der Waals surface area contributed by atoms with Gasteiger partial charge in [-0.25, -0.2) is 15.0 Å². The van der Waals surface area contributed by atoms with Gasteiger partial charge < -0.3 is 0 Å². The zero-order chi connectivity index (χ0) is 34.4. The van der Waals surface area contributed by atoms with Crippen LogP contribution in [0.4, 0.5) is 0 Å². The molecular formula is C49H31N3. The van der Waals surface area contributed by atoms with Crippen molar-refractivity contribution in [2.24, 2.45) is 0 Å². The lowest BCUT2D eigenvalue weighted by Crippen LogP contribution is -1.92. The number of pyridine rings is 3. The van der Waals surface area contributed by atoms with E-state index in [-0.39, 0.29) is 0 Å². The molecule has 0 spiro atoms. The van der Waals surface area contributed by atoms with E-state index in [0.717, 1.165) is 78.0 Å². The third-order valence-corrected chi connectivity index (χ3v) is 10.0. The molecule has 3 heteroatoms. The van der Waals surface area contributed by atoms with E-state index >= 15 is 0 Å². The molecule has 0 N–H and O–H groups in total. The van der Waals surface area contributed by atoms with E-state index in [1.807, 2.05) is 12.1 Å². The van der Waals surface area contributed by atoms with Gasteiger partial charge in [-0.15, -0.1) is 0 Å². The second-order valence-corrected chi connectivity index (χ2v) is 13.2. The first-order valence-electron chi connectivity index (χ1n) is 17.6. The second-order valence-electron chi connectivity index (χ2n) is 13.2. The quantitative estimate of drug-likeness (QED) is 0.172. The topological polar surface area (TPSA) is 38.7 Å². The van der Waals surface area contributed by atoms with Gasteiger partial charge in [0, 0.05) is 33.0 Å². The summed E-state index contributed by atoms with van der Waals surface area (Å²) in [6, 6.07) is 66.1. The first-order chi connectivity index (χ1) is 25.7. The maximum Gasteiger partial charge on any atom is 0.0972 e. The van der Waals surface area contributed by atoms with Crippen LogP contribution in [0.3, 0.4) is 0 Å². The summed E-state index contributed by atoms with van der Waals surface area (Å²) in [5, 5.41) is 7.03. The van der Waals surface area contributed by atoms with Gasteiger partial charge in [-0.3, -0.25) is 0 Å². The van der Waals surface area contributed by atoms with Crippen LogP contribution in [0.2, 0.25) is 0 Å². The fraction of sp³-hybridized carbons (Fsp3) is 0. The largest absolute Gasteiger partial charge is 0.248 e. The zero-order valence-electron chi connectivity index (χ0n) is 28.2. The molecule has 0 aliphatic heterocycles. The summed E-state index contributed by atoms with van der Waals surface area (Å²) in [5.74, 6) is 0. The molecular weight excluding hydrogens is 631 g/mol. The molecule has 0 bridgehead atoms. The van der Waals surface area contributed by atoms with Crippen molar-refractivity contribution < 1.29 is 0 Å². The van der Waals surface area contributed by atoms with E-state index in [4.69, 9.17) is 15.0 Å². The Bertz CT molecular complexity index is 2880. The lowest BCUT2D eigenvalue weighted by molar-refractivity contribution is 1.32. The Labute approximate surface area is 301 Å². The molecule has 3 heterocycles. The standard InChI is InChI=1S/C49H31N3/c1-3-11-33(12-4-1)46-30-39(31-47(50-46)34-13-5-2-6-14-34)32-19-21-35(22-20-32)44-27-25-36-23-24-37-26-28-45(52-49(37)48(36)51-44)43-29-38-15-7-8-16-40(38)41-17-9-10-18-42(41)43/h1-31H. The summed E-state index contributed by atoms with van der Waals surface area (Å²) >= 11 is 0. The van der Waals surface area contributed by atoms with Gasteiger partial charge in [-0.1, -0.05) is 158 Å². The molecule has 10 rings (SSSR count). The average molecular weight is 662 g/mol. The van der Waals surface area contributed by atoms with Crippen molar-refractivity contribution in [2.45, 2.75) is 0 Å². The predicted molar refractivity (Wildman–Crippen MR) is 217 cm³/mol. The van der Waals surface area contributed by atoms with Crippen LogP contribution in [0.1, 0.15) is 0 Å². The molecule has 10 aromatic rings. The van der Waals surface area contributed by atoms with Crippen molar-refractivity contribution in [1.29, 1.82) is 0 Å². The van der Waals surface area contributed by atoms with Crippen molar-refractivity contribution in [2.75, 3.05) is 0 Å². The Kier molecular flexibility index (Phi) is 7.14. The minimum Gasteiger partial charge on any atom is -0.248 e. The van der Waals surface area contributed by atoms with Crippen molar-refractivity contribution in [3.63, 3.8) is 0 Å². The van der Waals surface area contributed by atoms with E-state index in [1.165, 1.54) is 21.5 Å². The van der Waals surface area contributed by atoms with E-state index in [2.05, 4.69) is 176 Å². The molecule has 0 saturated carbocycles. The molecule has 52 heavy (non-hydrogen) atoms. The summed E-state index contributed by atoms with van der Waals surface area (Å²) in [6.45, 7) is 0. The van der Waals surface area contributed by atoms with E-state index in [9.17, 15) is 0 Å². The van der Waals surface area contributed by atoms with Crippen LogP contribution in [0.15, 0.2) is 188 Å². The predicted octanol–water partition coefficient (Wildman–Crippen LogP) is 12.8.